The predicted octanol–water partition coefficient (Wildman–Crippen LogP) is 0.761. The molecule has 0 bridgehead atoms. The van der Waals surface area contributed by atoms with Gasteiger partial charge in [0.1, 0.15) is 0 Å². The van der Waals surface area contributed by atoms with Crippen molar-refractivity contribution in [3.8, 4) is 0 Å². The molecule has 78 valence electrons. The van der Waals surface area contributed by atoms with Crippen molar-refractivity contribution in [3.05, 3.63) is 0 Å². The van der Waals surface area contributed by atoms with E-state index >= 15 is 0 Å². The van der Waals surface area contributed by atoms with Gasteiger partial charge in [0, 0.05) is 12.6 Å². The van der Waals surface area contributed by atoms with E-state index < -0.39 is 9.84 Å². The van der Waals surface area contributed by atoms with Gasteiger partial charge in [-0.25, -0.2) is 8.42 Å². The van der Waals surface area contributed by atoms with Crippen molar-refractivity contribution in [2.45, 2.75) is 26.3 Å². The highest BCUT2D eigenvalue weighted by atomic mass is 32.2. The molecule has 1 rings (SSSR count). The highest BCUT2D eigenvalue weighted by molar-refractivity contribution is 7.91. The van der Waals surface area contributed by atoms with Crippen molar-refractivity contribution in [1.82, 2.24) is 4.90 Å². The zero-order chi connectivity index (χ0) is 10.1. The van der Waals surface area contributed by atoms with E-state index in [4.69, 9.17) is 0 Å². The van der Waals surface area contributed by atoms with Crippen molar-refractivity contribution in [1.29, 1.82) is 0 Å². The summed E-state index contributed by atoms with van der Waals surface area (Å²) >= 11 is 0. The monoisotopic (exact) mass is 205 g/mol. The maximum atomic E-state index is 11.2. The summed E-state index contributed by atoms with van der Waals surface area (Å²) in [5, 5.41) is 0. The molecule has 0 aromatic rings. The Bertz CT molecular complexity index is 259. The summed E-state index contributed by atoms with van der Waals surface area (Å²) in [6.07, 6.45) is 0.811. The summed E-state index contributed by atoms with van der Waals surface area (Å²) in [7, 11) is -0.699. The standard InChI is InChI=1S/C9H19NO2S/c1-8(2)6-10(3)9-4-5-13(11,12)7-9/h8-9H,4-7H2,1-3H3. The summed E-state index contributed by atoms with van der Waals surface area (Å²) in [4.78, 5) is 2.18. The minimum absolute atomic E-state index is 0.257. The first-order chi connectivity index (χ1) is 5.91. The molecule has 1 heterocycles. The fourth-order valence-electron chi connectivity index (χ4n) is 1.85. The molecule has 4 heteroatoms. The lowest BCUT2D eigenvalue weighted by Gasteiger charge is -2.24. The lowest BCUT2D eigenvalue weighted by atomic mass is 10.1. The topological polar surface area (TPSA) is 37.4 Å². The predicted molar refractivity (Wildman–Crippen MR) is 54.5 cm³/mol. The molecular formula is C9H19NO2S. The Kier molecular flexibility index (Phi) is 3.35. The van der Waals surface area contributed by atoms with E-state index in [0.29, 0.717) is 17.4 Å². The van der Waals surface area contributed by atoms with Gasteiger partial charge in [0.25, 0.3) is 0 Å². The van der Waals surface area contributed by atoms with Crippen LogP contribution in [0.3, 0.4) is 0 Å². The third kappa shape index (κ3) is 3.27. The Morgan fingerprint density at radius 2 is 2.08 bits per heavy atom. The maximum absolute atomic E-state index is 11.2. The smallest absolute Gasteiger partial charge is 0.151 e. The fraction of sp³-hybridized carbons (Fsp3) is 1.00. The molecule has 0 aromatic heterocycles. The van der Waals surface area contributed by atoms with Gasteiger partial charge in [-0.05, 0) is 19.4 Å². The third-order valence-corrected chi connectivity index (χ3v) is 4.24. The second kappa shape index (κ2) is 3.96. The quantitative estimate of drug-likeness (QED) is 0.682. The highest BCUT2D eigenvalue weighted by Crippen LogP contribution is 2.17. The van der Waals surface area contributed by atoms with Crippen LogP contribution < -0.4 is 0 Å². The molecule has 0 spiro atoms. The molecule has 0 radical (unpaired) electrons. The van der Waals surface area contributed by atoms with E-state index in [-0.39, 0.29) is 6.04 Å². The average Bonchev–Trinajstić information content (AvgIpc) is 2.28. The molecule has 1 saturated heterocycles. The Balaban J connectivity index is 2.47. The van der Waals surface area contributed by atoms with Crippen LogP contribution in [0.25, 0.3) is 0 Å². The molecule has 0 aliphatic carbocycles. The van der Waals surface area contributed by atoms with Gasteiger partial charge in [-0.2, -0.15) is 0 Å². The molecular weight excluding hydrogens is 186 g/mol. The first kappa shape index (κ1) is 11.0. The van der Waals surface area contributed by atoms with Crippen LogP contribution in [0.4, 0.5) is 0 Å². The van der Waals surface area contributed by atoms with E-state index in [1.54, 1.807) is 0 Å². The first-order valence-corrected chi connectivity index (χ1v) is 6.63. The summed E-state index contributed by atoms with van der Waals surface area (Å²) in [5.41, 5.74) is 0. The molecule has 1 unspecified atom stereocenters. The van der Waals surface area contributed by atoms with Gasteiger partial charge in [-0.1, -0.05) is 13.8 Å². The largest absolute Gasteiger partial charge is 0.302 e. The first-order valence-electron chi connectivity index (χ1n) is 4.81. The van der Waals surface area contributed by atoms with Crippen LogP contribution in [0, 0.1) is 5.92 Å². The Labute approximate surface area is 81.0 Å². The van der Waals surface area contributed by atoms with Gasteiger partial charge in [-0.15, -0.1) is 0 Å². The van der Waals surface area contributed by atoms with E-state index in [0.717, 1.165) is 13.0 Å². The Hall–Kier alpha value is -0.0900. The van der Waals surface area contributed by atoms with Crippen molar-refractivity contribution >= 4 is 9.84 Å². The summed E-state index contributed by atoms with van der Waals surface area (Å²) in [6, 6.07) is 0.257. The molecule has 3 nitrogen and oxygen atoms in total. The second-order valence-electron chi connectivity index (χ2n) is 4.39. The second-order valence-corrected chi connectivity index (χ2v) is 6.62. The molecule has 13 heavy (non-hydrogen) atoms. The molecule has 0 aromatic carbocycles. The molecule has 0 N–H and O–H groups in total. The van der Waals surface area contributed by atoms with Crippen LogP contribution in [0.5, 0.6) is 0 Å². The lowest BCUT2D eigenvalue weighted by molar-refractivity contribution is 0.234. The molecule has 1 atom stereocenters. The van der Waals surface area contributed by atoms with Crippen molar-refractivity contribution in [3.63, 3.8) is 0 Å². The van der Waals surface area contributed by atoms with E-state index in [2.05, 4.69) is 18.7 Å². The van der Waals surface area contributed by atoms with Crippen LogP contribution in [0.1, 0.15) is 20.3 Å². The minimum atomic E-state index is -2.72. The SMILES string of the molecule is CC(C)CN(C)C1CCS(=O)(=O)C1. The number of rotatable bonds is 3. The number of hydrogen-bond donors (Lipinski definition) is 0. The van der Waals surface area contributed by atoms with Crippen LogP contribution in [0.2, 0.25) is 0 Å². The van der Waals surface area contributed by atoms with Crippen LogP contribution in [0.15, 0.2) is 0 Å². The van der Waals surface area contributed by atoms with E-state index in [1.807, 2.05) is 7.05 Å². The van der Waals surface area contributed by atoms with Crippen LogP contribution >= 0.6 is 0 Å². The molecule has 0 saturated carbocycles. The molecule has 1 fully saturated rings. The highest BCUT2D eigenvalue weighted by Gasteiger charge is 2.30. The zero-order valence-corrected chi connectivity index (χ0v) is 9.47. The van der Waals surface area contributed by atoms with Crippen LogP contribution in [-0.4, -0.2) is 44.5 Å². The minimum Gasteiger partial charge on any atom is -0.302 e. The van der Waals surface area contributed by atoms with Gasteiger partial charge < -0.3 is 4.90 Å². The Morgan fingerprint density at radius 1 is 1.46 bits per heavy atom. The lowest BCUT2D eigenvalue weighted by Crippen LogP contribution is -2.35. The van der Waals surface area contributed by atoms with E-state index in [1.165, 1.54) is 0 Å². The number of sulfone groups is 1. The van der Waals surface area contributed by atoms with Crippen molar-refractivity contribution < 1.29 is 8.42 Å². The van der Waals surface area contributed by atoms with Crippen LogP contribution in [-0.2, 0) is 9.84 Å². The summed E-state index contributed by atoms with van der Waals surface area (Å²) in [5.74, 6) is 1.34. The zero-order valence-electron chi connectivity index (χ0n) is 8.66. The van der Waals surface area contributed by atoms with Crippen molar-refractivity contribution in [2.75, 3.05) is 25.1 Å². The van der Waals surface area contributed by atoms with Gasteiger partial charge in [0.05, 0.1) is 11.5 Å². The van der Waals surface area contributed by atoms with E-state index in [9.17, 15) is 8.42 Å². The van der Waals surface area contributed by atoms with Crippen molar-refractivity contribution in [2.24, 2.45) is 5.92 Å². The molecule has 1 aliphatic rings. The third-order valence-electron chi connectivity index (χ3n) is 2.48. The summed E-state index contributed by atoms with van der Waals surface area (Å²) < 4.78 is 22.4. The normalized spacial score (nSPS) is 27.3. The van der Waals surface area contributed by atoms with Gasteiger partial charge in [0.15, 0.2) is 9.84 Å². The number of hydrogen-bond acceptors (Lipinski definition) is 3. The number of nitrogens with zero attached hydrogens (tertiary/aromatic N) is 1. The van der Waals surface area contributed by atoms with Gasteiger partial charge >= 0.3 is 0 Å². The van der Waals surface area contributed by atoms with Gasteiger partial charge in [0.2, 0.25) is 0 Å². The maximum Gasteiger partial charge on any atom is 0.151 e. The molecule has 1 aliphatic heterocycles. The fourth-order valence-corrected chi connectivity index (χ4v) is 3.65. The Morgan fingerprint density at radius 3 is 2.46 bits per heavy atom. The average molecular weight is 205 g/mol. The van der Waals surface area contributed by atoms with Gasteiger partial charge in [-0.3, -0.25) is 0 Å². The molecule has 0 amide bonds. The summed E-state index contributed by atoms with van der Waals surface area (Å²) in [6.45, 7) is 5.29.